The Morgan fingerprint density at radius 2 is 1.52 bits per heavy atom. The number of carboxylic acid groups (broad SMARTS) is 1. The summed E-state index contributed by atoms with van der Waals surface area (Å²) in [7, 11) is 1.99. The van der Waals surface area contributed by atoms with E-state index in [1.54, 1.807) is 12.1 Å². The molecule has 1 aliphatic carbocycles. The Morgan fingerprint density at radius 3 is 2.13 bits per heavy atom. The van der Waals surface area contributed by atoms with Crippen molar-refractivity contribution in [3.05, 3.63) is 65.2 Å². The summed E-state index contributed by atoms with van der Waals surface area (Å²) in [5, 5.41) is 17.6. The maximum absolute atomic E-state index is 11.2. The van der Waals surface area contributed by atoms with Gasteiger partial charge in [0.1, 0.15) is 5.69 Å². The van der Waals surface area contributed by atoms with Crippen molar-refractivity contribution in [2.45, 2.75) is 51.4 Å². The first-order valence-electron chi connectivity index (χ1n) is 10.9. The van der Waals surface area contributed by atoms with Crippen LogP contribution in [-0.2, 0) is 17.9 Å². The van der Waals surface area contributed by atoms with Crippen molar-refractivity contribution in [3.8, 4) is 11.3 Å². The third-order valence-corrected chi connectivity index (χ3v) is 7.20. The Balaban J connectivity index is 1.77. The molecule has 0 bridgehead atoms. The molecule has 4 aromatic rings. The fourth-order valence-corrected chi connectivity index (χ4v) is 5.15. The van der Waals surface area contributed by atoms with Crippen LogP contribution < -0.4 is 0 Å². The van der Waals surface area contributed by atoms with Crippen LogP contribution in [0.5, 0.6) is 0 Å². The first-order chi connectivity index (χ1) is 14.6. The lowest BCUT2D eigenvalue weighted by Crippen LogP contribution is -2.33. The maximum atomic E-state index is 11.2. The zero-order valence-electron chi connectivity index (χ0n) is 18.8. The summed E-state index contributed by atoms with van der Waals surface area (Å²) < 4.78 is 1.96. The quantitative estimate of drug-likeness (QED) is 0.412. The van der Waals surface area contributed by atoms with E-state index in [0.29, 0.717) is 0 Å². The second kappa shape index (κ2) is 6.43. The van der Waals surface area contributed by atoms with Gasteiger partial charge in [-0.15, -0.1) is 0 Å². The van der Waals surface area contributed by atoms with Crippen LogP contribution in [0.2, 0.25) is 0 Å². The molecule has 0 atom stereocenters. The van der Waals surface area contributed by atoms with Gasteiger partial charge in [0.2, 0.25) is 0 Å². The first kappa shape index (κ1) is 19.8. The molecule has 5 rings (SSSR count). The van der Waals surface area contributed by atoms with E-state index in [9.17, 15) is 9.90 Å². The lowest BCUT2D eigenvalue weighted by atomic mass is 9.63. The van der Waals surface area contributed by atoms with E-state index in [1.807, 2.05) is 23.9 Å². The molecule has 1 aromatic heterocycles. The Hall–Kier alpha value is -3.14. The van der Waals surface area contributed by atoms with Gasteiger partial charge in [-0.3, -0.25) is 4.68 Å². The zero-order valence-corrected chi connectivity index (χ0v) is 18.8. The largest absolute Gasteiger partial charge is 0.478 e. The first-order valence-corrected chi connectivity index (χ1v) is 10.9. The van der Waals surface area contributed by atoms with E-state index < -0.39 is 5.97 Å². The molecule has 0 unspecified atom stereocenters. The number of carboxylic acids is 1. The molecule has 0 amide bonds. The SMILES string of the molecule is Cn1nc(-c2ccc(C(=O)O)cc2)c2ccc3cc4c(cc3c21)C(C)(C)CCC4(C)C. The number of nitrogens with zero attached hydrogens (tertiary/aromatic N) is 2. The van der Waals surface area contributed by atoms with Crippen molar-refractivity contribution in [2.75, 3.05) is 0 Å². The average Bonchev–Trinajstić information content (AvgIpc) is 3.07. The van der Waals surface area contributed by atoms with Gasteiger partial charge in [0.15, 0.2) is 0 Å². The van der Waals surface area contributed by atoms with Gasteiger partial charge in [0.05, 0.1) is 11.1 Å². The molecule has 0 saturated carbocycles. The minimum atomic E-state index is -0.918. The molecule has 4 heteroatoms. The highest BCUT2D eigenvalue weighted by Gasteiger charge is 2.37. The van der Waals surface area contributed by atoms with Gasteiger partial charge in [-0.05, 0) is 64.5 Å². The van der Waals surface area contributed by atoms with Crippen molar-refractivity contribution < 1.29 is 9.90 Å². The highest BCUT2D eigenvalue weighted by Crippen LogP contribution is 2.48. The van der Waals surface area contributed by atoms with Crippen LogP contribution in [0.15, 0.2) is 48.5 Å². The molecular formula is C27H28N2O2. The molecule has 0 radical (unpaired) electrons. The Labute approximate surface area is 182 Å². The molecule has 4 nitrogen and oxygen atoms in total. The van der Waals surface area contributed by atoms with Crippen molar-refractivity contribution in [3.63, 3.8) is 0 Å². The summed E-state index contributed by atoms with van der Waals surface area (Å²) in [5.41, 5.74) is 6.44. The van der Waals surface area contributed by atoms with E-state index in [0.717, 1.165) is 22.2 Å². The number of hydrogen-bond donors (Lipinski definition) is 1. The highest BCUT2D eigenvalue weighted by atomic mass is 16.4. The molecule has 1 aliphatic rings. The number of aromatic nitrogens is 2. The molecule has 0 aliphatic heterocycles. The van der Waals surface area contributed by atoms with Gasteiger partial charge in [-0.1, -0.05) is 52.0 Å². The molecule has 1 heterocycles. The van der Waals surface area contributed by atoms with Gasteiger partial charge in [0.25, 0.3) is 0 Å². The van der Waals surface area contributed by atoms with E-state index >= 15 is 0 Å². The summed E-state index contributed by atoms with van der Waals surface area (Å²) in [6, 6.07) is 16.1. The Morgan fingerprint density at radius 1 is 0.903 bits per heavy atom. The maximum Gasteiger partial charge on any atom is 0.335 e. The Bertz CT molecular complexity index is 1360. The van der Waals surface area contributed by atoms with Gasteiger partial charge < -0.3 is 5.11 Å². The number of hydrogen-bond acceptors (Lipinski definition) is 2. The third-order valence-electron chi connectivity index (χ3n) is 7.20. The van der Waals surface area contributed by atoms with Crippen LogP contribution in [0, 0.1) is 0 Å². The minimum Gasteiger partial charge on any atom is -0.478 e. The number of carbonyl (C=O) groups is 1. The van der Waals surface area contributed by atoms with Crippen molar-refractivity contribution in [1.82, 2.24) is 9.78 Å². The lowest BCUT2D eigenvalue weighted by molar-refractivity contribution is 0.0697. The fourth-order valence-electron chi connectivity index (χ4n) is 5.15. The van der Waals surface area contributed by atoms with Crippen LogP contribution in [0.3, 0.4) is 0 Å². The topological polar surface area (TPSA) is 55.1 Å². The summed E-state index contributed by atoms with van der Waals surface area (Å²) in [6.45, 7) is 9.42. The highest BCUT2D eigenvalue weighted by molar-refractivity contribution is 6.10. The second-order valence-electron chi connectivity index (χ2n) is 10.2. The lowest BCUT2D eigenvalue weighted by Gasteiger charge is -2.42. The van der Waals surface area contributed by atoms with Crippen molar-refractivity contribution in [1.29, 1.82) is 0 Å². The molecule has 0 spiro atoms. The number of benzene rings is 3. The monoisotopic (exact) mass is 412 g/mol. The van der Waals surface area contributed by atoms with Gasteiger partial charge in [-0.2, -0.15) is 5.10 Å². The van der Waals surface area contributed by atoms with Gasteiger partial charge in [-0.25, -0.2) is 4.79 Å². The number of aryl methyl sites for hydroxylation is 1. The molecule has 3 aromatic carbocycles. The van der Waals surface area contributed by atoms with Crippen LogP contribution in [0.25, 0.3) is 32.9 Å². The predicted molar refractivity (Wildman–Crippen MR) is 126 cm³/mol. The summed E-state index contributed by atoms with van der Waals surface area (Å²) in [5.74, 6) is -0.918. The molecule has 1 N–H and O–H groups in total. The smallest absolute Gasteiger partial charge is 0.335 e. The van der Waals surface area contributed by atoms with Crippen LogP contribution in [-0.4, -0.2) is 20.9 Å². The number of aromatic carboxylic acids is 1. The summed E-state index contributed by atoms with van der Waals surface area (Å²) in [4.78, 5) is 11.2. The van der Waals surface area contributed by atoms with Crippen molar-refractivity contribution >= 4 is 27.6 Å². The second-order valence-corrected chi connectivity index (χ2v) is 10.2. The van der Waals surface area contributed by atoms with E-state index in [-0.39, 0.29) is 16.4 Å². The van der Waals surface area contributed by atoms with Crippen LogP contribution in [0.4, 0.5) is 0 Å². The van der Waals surface area contributed by atoms with E-state index in [2.05, 4.69) is 52.0 Å². The average molecular weight is 413 g/mol. The standard InChI is InChI=1S/C27H28N2O2/c1-26(2)12-13-27(3,4)22-15-20-18(14-21(22)26)10-11-19-23(28-29(5)24(19)20)16-6-8-17(9-7-16)25(30)31/h6-11,14-15H,12-13H2,1-5H3,(H,30,31). The van der Waals surface area contributed by atoms with Gasteiger partial charge >= 0.3 is 5.97 Å². The summed E-state index contributed by atoms with van der Waals surface area (Å²) >= 11 is 0. The van der Waals surface area contributed by atoms with E-state index in [4.69, 9.17) is 5.10 Å². The van der Waals surface area contributed by atoms with Crippen LogP contribution >= 0.6 is 0 Å². The third kappa shape index (κ3) is 2.96. The minimum absolute atomic E-state index is 0.148. The van der Waals surface area contributed by atoms with Crippen molar-refractivity contribution in [2.24, 2.45) is 7.05 Å². The van der Waals surface area contributed by atoms with Gasteiger partial charge in [0, 0.05) is 23.4 Å². The molecule has 31 heavy (non-hydrogen) atoms. The van der Waals surface area contributed by atoms with E-state index in [1.165, 1.54) is 34.7 Å². The molecule has 0 saturated heterocycles. The fraction of sp³-hybridized carbons (Fsp3) is 0.333. The Kier molecular flexibility index (Phi) is 4.11. The zero-order chi connectivity index (χ0) is 22.1. The number of rotatable bonds is 2. The summed E-state index contributed by atoms with van der Waals surface area (Å²) in [6.07, 6.45) is 2.38. The van der Waals surface area contributed by atoms with Crippen LogP contribution in [0.1, 0.15) is 62.0 Å². The number of fused-ring (bicyclic) bond motifs is 4. The predicted octanol–water partition coefficient (Wildman–Crippen LogP) is 6.44. The molecule has 0 fully saturated rings. The molecular weight excluding hydrogens is 384 g/mol. The molecule has 158 valence electrons. The normalized spacial score (nSPS) is 17.1.